The molecule has 0 spiro atoms. The first-order chi connectivity index (χ1) is 16.1. The zero-order valence-corrected chi connectivity index (χ0v) is 19.1. The van der Waals surface area contributed by atoms with E-state index in [1.165, 1.54) is 0 Å². The zero-order chi connectivity index (χ0) is 23.0. The second-order valence-corrected chi connectivity index (χ2v) is 8.81. The number of aromatic nitrogens is 1. The second kappa shape index (κ2) is 10.9. The van der Waals surface area contributed by atoms with Gasteiger partial charge in [0.2, 0.25) is 5.91 Å². The van der Waals surface area contributed by atoms with Crippen LogP contribution in [0.3, 0.4) is 0 Å². The summed E-state index contributed by atoms with van der Waals surface area (Å²) in [6.07, 6.45) is 2.21. The van der Waals surface area contributed by atoms with Crippen molar-refractivity contribution in [2.45, 2.75) is 18.3 Å². The van der Waals surface area contributed by atoms with E-state index in [2.05, 4.69) is 10.3 Å². The molecule has 8 heteroatoms. The number of likely N-dealkylation sites (N-methyl/N-ethyl adjacent to an activating group) is 1. The minimum absolute atomic E-state index is 0.234. The number of carbonyl (C=O) groups is 2. The van der Waals surface area contributed by atoms with Crippen LogP contribution in [0.4, 0.5) is 10.6 Å². The van der Waals surface area contributed by atoms with Gasteiger partial charge < -0.3 is 14.4 Å². The van der Waals surface area contributed by atoms with Crippen molar-refractivity contribution in [2.24, 2.45) is 0 Å². The Hall–Kier alpha value is -3.52. The van der Waals surface area contributed by atoms with Gasteiger partial charge in [0.1, 0.15) is 30.5 Å². The maximum atomic E-state index is 11.8. The number of anilines is 1. The monoisotopic (exact) mass is 463 g/mol. The molecular weight excluding hydrogens is 438 g/mol. The average Bonchev–Trinajstić information content (AvgIpc) is 3.15. The Morgan fingerprint density at radius 2 is 1.79 bits per heavy atom. The Morgan fingerprint density at radius 3 is 2.52 bits per heavy atom. The van der Waals surface area contributed by atoms with Crippen molar-refractivity contribution in [3.05, 3.63) is 84.1 Å². The topological polar surface area (TPSA) is 80.8 Å². The first-order valence-electron chi connectivity index (χ1n) is 10.6. The van der Waals surface area contributed by atoms with Crippen LogP contribution in [0.1, 0.15) is 11.1 Å². The van der Waals surface area contributed by atoms with Crippen molar-refractivity contribution in [1.29, 1.82) is 0 Å². The predicted molar refractivity (Wildman–Crippen MR) is 129 cm³/mol. The van der Waals surface area contributed by atoms with Gasteiger partial charge in [-0.15, -0.1) is 0 Å². The van der Waals surface area contributed by atoms with Gasteiger partial charge in [-0.05, 0) is 41.8 Å². The van der Waals surface area contributed by atoms with Gasteiger partial charge in [0.25, 0.3) is 5.24 Å². The van der Waals surface area contributed by atoms with E-state index in [0.717, 1.165) is 40.2 Å². The second-order valence-electron chi connectivity index (χ2n) is 7.63. The third-order valence-corrected chi connectivity index (χ3v) is 6.12. The Bertz CT molecular complexity index is 1090. The highest BCUT2D eigenvalue weighted by Gasteiger charge is 2.31. The van der Waals surface area contributed by atoms with Crippen molar-refractivity contribution < 1.29 is 19.1 Å². The van der Waals surface area contributed by atoms with Crippen LogP contribution in [0.15, 0.2) is 72.9 Å². The quantitative estimate of drug-likeness (QED) is 0.485. The maximum absolute atomic E-state index is 11.8. The van der Waals surface area contributed by atoms with Gasteiger partial charge in [0.05, 0.1) is 18.0 Å². The number of rotatable bonds is 10. The molecule has 33 heavy (non-hydrogen) atoms. The molecule has 0 radical (unpaired) electrons. The molecule has 1 saturated heterocycles. The molecule has 170 valence electrons. The lowest BCUT2D eigenvalue weighted by atomic mass is 10.1. The first kappa shape index (κ1) is 22.7. The molecule has 4 rings (SSSR count). The van der Waals surface area contributed by atoms with Gasteiger partial charge in [-0.2, -0.15) is 0 Å². The molecule has 1 N–H and O–H groups in total. The SMILES string of the molecule is CN(CCOc1cccc(CC2SC(=O)NC2=O)c1)c1ccc(OCc2ccccc2)cn1. The molecule has 1 fully saturated rings. The minimum atomic E-state index is -0.385. The molecule has 1 unspecified atom stereocenters. The lowest BCUT2D eigenvalue weighted by Gasteiger charge is -2.19. The fourth-order valence-corrected chi connectivity index (χ4v) is 4.20. The summed E-state index contributed by atoms with van der Waals surface area (Å²) in [7, 11) is 1.96. The van der Waals surface area contributed by atoms with Crippen LogP contribution in [-0.4, -0.2) is 41.6 Å². The third-order valence-electron chi connectivity index (χ3n) is 5.14. The van der Waals surface area contributed by atoms with Crippen molar-refractivity contribution in [2.75, 3.05) is 25.1 Å². The summed E-state index contributed by atoms with van der Waals surface area (Å²) in [6, 6.07) is 21.5. The Kier molecular flexibility index (Phi) is 7.47. The van der Waals surface area contributed by atoms with Crippen LogP contribution in [-0.2, 0) is 17.8 Å². The van der Waals surface area contributed by atoms with E-state index in [4.69, 9.17) is 9.47 Å². The fourth-order valence-electron chi connectivity index (χ4n) is 3.34. The van der Waals surface area contributed by atoms with E-state index in [1.54, 1.807) is 6.20 Å². The van der Waals surface area contributed by atoms with Crippen LogP contribution >= 0.6 is 11.8 Å². The van der Waals surface area contributed by atoms with Crippen LogP contribution in [0, 0.1) is 0 Å². The third kappa shape index (κ3) is 6.49. The van der Waals surface area contributed by atoms with E-state index in [9.17, 15) is 9.59 Å². The molecule has 7 nitrogen and oxygen atoms in total. The number of amides is 2. The fraction of sp³-hybridized carbons (Fsp3) is 0.240. The van der Waals surface area contributed by atoms with Crippen LogP contribution in [0.5, 0.6) is 11.5 Å². The minimum Gasteiger partial charge on any atom is -0.492 e. The van der Waals surface area contributed by atoms with Gasteiger partial charge in [0, 0.05) is 7.05 Å². The molecule has 2 heterocycles. The normalized spacial score (nSPS) is 15.2. The van der Waals surface area contributed by atoms with Crippen LogP contribution in [0.2, 0.25) is 0 Å². The Balaban J connectivity index is 1.23. The lowest BCUT2D eigenvalue weighted by Crippen LogP contribution is -2.25. The summed E-state index contributed by atoms with van der Waals surface area (Å²) < 4.78 is 11.7. The number of imide groups is 1. The van der Waals surface area contributed by atoms with Crippen LogP contribution < -0.4 is 19.7 Å². The first-order valence-corrected chi connectivity index (χ1v) is 11.5. The molecule has 2 amide bonds. The van der Waals surface area contributed by atoms with Gasteiger partial charge in [-0.3, -0.25) is 14.9 Å². The maximum Gasteiger partial charge on any atom is 0.286 e. The Morgan fingerprint density at radius 1 is 0.970 bits per heavy atom. The summed E-state index contributed by atoms with van der Waals surface area (Å²) in [6.45, 7) is 1.63. The van der Waals surface area contributed by atoms with E-state index >= 15 is 0 Å². The van der Waals surface area contributed by atoms with Crippen molar-refractivity contribution >= 4 is 28.7 Å². The van der Waals surface area contributed by atoms with Crippen molar-refractivity contribution in [3.8, 4) is 11.5 Å². The predicted octanol–water partition coefficient (Wildman–Crippen LogP) is 4.07. The molecule has 1 aromatic heterocycles. The number of nitrogens with zero attached hydrogens (tertiary/aromatic N) is 2. The largest absolute Gasteiger partial charge is 0.492 e. The van der Waals surface area contributed by atoms with Crippen molar-refractivity contribution in [1.82, 2.24) is 10.3 Å². The van der Waals surface area contributed by atoms with Gasteiger partial charge in [-0.25, -0.2) is 4.98 Å². The average molecular weight is 464 g/mol. The lowest BCUT2D eigenvalue weighted by molar-refractivity contribution is -0.118. The number of hydrogen-bond donors (Lipinski definition) is 1. The van der Waals surface area contributed by atoms with E-state index in [0.29, 0.717) is 26.2 Å². The van der Waals surface area contributed by atoms with Gasteiger partial charge >= 0.3 is 0 Å². The van der Waals surface area contributed by atoms with E-state index in [1.807, 2.05) is 78.7 Å². The zero-order valence-electron chi connectivity index (χ0n) is 18.3. The number of ether oxygens (including phenoxy) is 2. The van der Waals surface area contributed by atoms with Gasteiger partial charge in [-0.1, -0.05) is 54.2 Å². The number of carbonyl (C=O) groups excluding carboxylic acids is 2. The summed E-state index contributed by atoms with van der Waals surface area (Å²) >= 11 is 1.03. The van der Waals surface area contributed by atoms with E-state index in [-0.39, 0.29) is 16.4 Å². The molecule has 2 aromatic carbocycles. The number of benzene rings is 2. The number of pyridine rings is 1. The number of hydrogen-bond acceptors (Lipinski definition) is 7. The Labute approximate surface area is 197 Å². The highest BCUT2D eigenvalue weighted by molar-refractivity contribution is 8.15. The van der Waals surface area contributed by atoms with Gasteiger partial charge in [0.15, 0.2) is 0 Å². The highest BCUT2D eigenvalue weighted by Crippen LogP contribution is 2.24. The summed E-state index contributed by atoms with van der Waals surface area (Å²) in [5, 5.41) is 1.64. The molecule has 1 atom stereocenters. The summed E-state index contributed by atoms with van der Waals surface area (Å²) in [5.74, 6) is 2.04. The summed E-state index contributed by atoms with van der Waals surface area (Å²) in [5.41, 5.74) is 2.06. The van der Waals surface area contributed by atoms with E-state index < -0.39 is 0 Å². The molecule has 1 aliphatic rings. The molecule has 0 saturated carbocycles. The van der Waals surface area contributed by atoms with Crippen molar-refractivity contribution in [3.63, 3.8) is 0 Å². The molecule has 0 aliphatic carbocycles. The smallest absolute Gasteiger partial charge is 0.286 e. The number of nitrogens with one attached hydrogen (secondary N) is 1. The molecular formula is C25H25N3O4S. The summed E-state index contributed by atoms with van der Waals surface area (Å²) in [4.78, 5) is 29.6. The molecule has 0 bridgehead atoms. The standard InChI is InChI=1S/C25H25N3O4S/c1-28(23-11-10-21(16-26-23)32-17-18-6-3-2-4-7-18)12-13-31-20-9-5-8-19(14-20)15-22-24(29)27-25(30)33-22/h2-11,14,16,22H,12-13,15,17H2,1H3,(H,27,29,30). The van der Waals surface area contributed by atoms with Crippen LogP contribution in [0.25, 0.3) is 0 Å². The molecule has 3 aromatic rings. The number of thioether (sulfide) groups is 1. The molecule has 1 aliphatic heterocycles. The highest BCUT2D eigenvalue weighted by atomic mass is 32.2.